The fraction of sp³-hybridized carbons (Fsp3) is 0.500. The number of allylic oxidation sites excluding steroid dienone is 2. The molecule has 36 heavy (non-hydrogen) atoms. The average molecular weight is 501 g/mol. The van der Waals surface area contributed by atoms with Gasteiger partial charge in [-0.1, -0.05) is 24.3 Å². The highest BCUT2D eigenvalue weighted by Crippen LogP contribution is 2.42. The van der Waals surface area contributed by atoms with Gasteiger partial charge in [-0.25, -0.2) is 8.78 Å². The van der Waals surface area contributed by atoms with Crippen molar-refractivity contribution in [1.82, 2.24) is 0 Å². The van der Waals surface area contributed by atoms with Crippen LogP contribution >= 0.6 is 0 Å². The highest BCUT2D eigenvalue weighted by molar-refractivity contribution is 5.75. The molecule has 6 heteroatoms. The molecule has 2 aliphatic carbocycles. The zero-order chi connectivity index (χ0) is 25.5. The quantitative estimate of drug-likeness (QED) is 0.209. The largest absolute Gasteiger partial charge is 0.491 e. The van der Waals surface area contributed by atoms with E-state index in [2.05, 4.69) is 0 Å². The molecule has 0 bridgehead atoms. The summed E-state index contributed by atoms with van der Waals surface area (Å²) < 4.78 is 51.8. The molecular weight excluding hydrogens is 465 g/mol. The first-order valence-electron chi connectivity index (χ1n) is 13.2. The molecule has 0 aliphatic heterocycles. The third kappa shape index (κ3) is 6.32. The summed E-state index contributed by atoms with van der Waals surface area (Å²) in [6.45, 7) is 1.57. The summed E-state index contributed by atoms with van der Waals surface area (Å²) in [7, 11) is 0. The van der Waals surface area contributed by atoms with E-state index in [1.54, 1.807) is 37.3 Å². The van der Waals surface area contributed by atoms with Gasteiger partial charge in [0.1, 0.15) is 12.4 Å². The van der Waals surface area contributed by atoms with Gasteiger partial charge in [0.05, 0.1) is 12.5 Å². The van der Waals surface area contributed by atoms with Crippen molar-refractivity contribution in [2.45, 2.75) is 58.3 Å². The van der Waals surface area contributed by atoms with Crippen LogP contribution in [-0.4, -0.2) is 19.3 Å². The van der Waals surface area contributed by atoms with E-state index in [-0.39, 0.29) is 36.5 Å². The predicted octanol–water partition coefficient (Wildman–Crippen LogP) is 8.07. The van der Waals surface area contributed by atoms with Crippen LogP contribution in [0.2, 0.25) is 0 Å². The van der Waals surface area contributed by atoms with E-state index < -0.39 is 11.6 Å². The lowest BCUT2D eigenvalue weighted by atomic mass is 9.69. The lowest BCUT2D eigenvalue weighted by molar-refractivity contribution is -0.140. The van der Waals surface area contributed by atoms with E-state index in [9.17, 15) is 18.0 Å². The van der Waals surface area contributed by atoms with Crippen molar-refractivity contribution in [1.29, 1.82) is 0 Å². The Labute approximate surface area is 211 Å². The van der Waals surface area contributed by atoms with Gasteiger partial charge in [0.15, 0.2) is 11.6 Å². The Hall–Kier alpha value is -2.76. The molecule has 0 unspecified atom stereocenters. The van der Waals surface area contributed by atoms with Crippen LogP contribution in [0.3, 0.4) is 0 Å². The lowest BCUT2D eigenvalue weighted by Crippen LogP contribution is -2.30. The van der Waals surface area contributed by atoms with Gasteiger partial charge in [0.2, 0.25) is 5.82 Å². The molecule has 2 fully saturated rings. The van der Waals surface area contributed by atoms with Crippen LogP contribution in [0.5, 0.6) is 11.5 Å². The summed E-state index contributed by atoms with van der Waals surface area (Å²) in [5.74, 6) is -0.146. The van der Waals surface area contributed by atoms with Crippen molar-refractivity contribution in [2.75, 3.05) is 13.3 Å². The number of esters is 1. The van der Waals surface area contributed by atoms with Crippen LogP contribution in [0.15, 0.2) is 48.6 Å². The highest BCUT2D eigenvalue weighted by atomic mass is 19.2. The predicted molar refractivity (Wildman–Crippen MR) is 135 cm³/mol. The molecular formula is C30H35F3O3. The van der Waals surface area contributed by atoms with Crippen LogP contribution in [0.4, 0.5) is 13.2 Å². The number of alkyl halides is 1. The van der Waals surface area contributed by atoms with Crippen molar-refractivity contribution in [2.24, 2.45) is 23.7 Å². The maximum Gasteiger partial charge on any atom is 0.314 e. The van der Waals surface area contributed by atoms with Crippen LogP contribution in [0, 0.1) is 35.3 Å². The van der Waals surface area contributed by atoms with Gasteiger partial charge in [0, 0.05) is 5.56 Å². The normalized spacial score (nSPS) is 24.6. The van der Waals surface area contributed by atoms with E-state index in [0.717, 1.165) is 38.5 Å². The van der Waals surface area contributed by atoms with Crippen molar-refractivity contribution >= 4 is 5.97 Å². The van der Waals surface area contributed by atoms with Crippen molar-refractivity contribution in [3.63, 3.8) is 0 Å². The minimum atomic E-state index is -1.01. The third-order valence-electron chi connectivity index (χ3n) is 7.82. The van der Waals surface area contributed by atoms with Crippen LogP contribution in [0.1, 0.15) is 58.3 Å². The van der Waals surface area contributed by atoms with Crippen molar-refractivity contribution in [3.8, 4) is 22.6 Å². The molecule has 2 aromatic rings. The molecule has 194 valence electrons. The fourth-order valence-electron chi connectivity index (χ4n) is 5.80. The summed E-state index contributed by atoms with van der Waals surface area (Å²) >= 11 is 0. The molecule has 0 N–H and O–H groups in total. The summed E-state index contributed by atoms with van der Waals surface area (Å²) in [6.07, 6.45) is 12.0. The number of halogens is 3. The zero-order valence-electron chi connectivity index (χ0n) is 20.9. The van der Waals surface area contributed by atoms with Gasteiger partial charge in [-0.05, 0) is 106 Å². The van der Waals surface area contributed by atoms with Crippen LogP contribution < -0.4 is 9.47 Å². The van der Waals surface area contributed by atoms with Crippen LogP contribution in [-0.2, 0) is 4.79 Å². The van der Waals surface area contributed by atoms with Gasteiger partial charge in [-0.2, -0.15) is 4.39 Å². The SMILES string of the molecule is CCOc1ccc(-c2ccc(OC(=O)C3CCC(C4CCC(C=CCF)CC4)CC3)cc2)c(F)c1F. The Morgan fingerprint density at radius 3 is 2.14 bits per heavy atom. The van der Waals surface area contributed by atoms with E-state index in [1.807, 2.05) is 6.08 Å². The first-order valence-corrected chi connectivity index (χ1v) is 13.2. The van der Waals surface area contributed by atoms with E-state index >= 15 is 0 Å². The van der Waals surface area contributed by atoms with Gasteiger partial charge >= 0.3 is 5.97 Å². The molecule has 0 heterocycles. The topological polar surface area (TPSA) is 35.5 Å². The molecule has 0 radical (unpaired) electrons. The molecule has 0 amide bonds. The number of carbonyl (C=O) groups excluding carboxylic acids is 1. The third-order valence-corrected chi connectivity index (χ3v) is 7.82. The standard InChI is InChI=1S/C30H35F3O3/c1-2-35-27-18-17-26(28(32)29(27)33)23-13-15-25(16-14-23)36-30(34)24-11-9-22(10-12-24)21-7-5-20(6-8-21)4-3-19-31/h3-4,13-18,20-22,24H,2,5-12,19H2,1H3. The first-order chi connectivity index (χ1) is 17.5. The number of benzene rings is 2. The Morgan fingerprint density at radius 2 is 1.53 bits per heavy atom. The number of hydrogen-bond donors (Lipinski definition) is 0. The molecule has 4 rings (SSSR count). The molecule has 2 saturated carbocycles. The van der Waals surface area contributed by atoms with Crippen molar-refractivity contribution in [3.05, 3.63) is 60.2 Å². The highest BCUT2D eigenvalue weighted by Gasteiger charge is 2.33. The monoisotopic (exact) mass is 500 g/mol. The average Bonchev–Trinajstić information content (AvgIpc) is 2.91. The summed E-state index contributed by atoms with van der Waals surface area (Å²) in [4.78, 5) is 12.8. The maximum atomic E-state index is 14.5. The second kappa shape index (κ2) is 12.5. The number of rotatable bonds is 8. The van der Waals surface area contributed by atoms with Gasteiger partial charge < -0.3 is 9.47 Å². The van der Waals surface area contributed by atoms with E-state index in [4.69, 9.17) is 9.47 Å². The minimum Gasteiger partial charge on any atom is -0.491 e. The Bertz CT molecular complexity index is 1030. The molecule has 0 spiro atoms. The maximum absolute atomic E-state index is 14.5. The fourth-order valence-corrected chi connectivity index (χ4v) is 5.80. The van der Waals surface area contributed by atoms with Crippen molar-refractivity contribution < 1.29 is 27.4 Å². The second-order valence-corrected chi connectivity index (χ2v) is 9.99. The minimum absolute atomic E-state index is 0.109. The van der Waals surface area contributed by atoms with Gasteiger partial charge in [-0.15, -0.1) is 0 Å². The van der Waals surface area contributed by atoms with Gasteiger partial charge in [0.25, 0.3) is 0 Å². The molecule has 0 saturated heterocycles. The van der Waals surface area contributed by atoms with Gasteiger partial charge in [-0.3, -0.25) is 4.79 Å². The zero-order valence-corrected chi connectivity index (χ0v) is 20.9. The summed E-state index contributed by atoms with van der Waals surface area (Å²) in [5, 5.41) is 0. The smallest absolute Gasteiger partial charge is 0.314 e. The molecule has 0 aromatic heterocycles. The Morgan fingerprint density at radius 1 is 0.889 bits per heavy atom. The summed E-state index contributed by atoms with van der Waals surface area (Å²) in [5.41, 5.74) is 0.615. The Kier molecular flexibility index (Phi) is 9.11. The molecule has 3 nitrogen and oxygen atoms in total. The lowest BCUT2D eigenvalue weighted by Gasteiger charge is -2.36. The molecule has 2 aliphatic rings. The number of carbonyl (C=O) groups is 1. The Balaban J connectivity index is 1.27. The van der Waals surface area contributed by atoms with E-state index in [0.29, 0.717) is 29.1 Å². The van der Waals surface area contributed by atoms with Crippen LogP contribution in [0.25, 0.3) is 11.1 Å². The molecule has 0 atom stereocenters. The van der Waals surface area contributed by atoms with E-state index in [1.165, 1.54) is 25.0 Å². The second-order valence-electron chi connectivity index (χ2n) is 9.99. The number of hydrogen-bond acceptors (Lipinski definition) is 3. The number of ether oxygens (including phenoxy) is 2. The molecule has 2 aromatic carbocycles. The summed E-state index contributed by atoms with van der Waals surface area (Å²) in [6, 6.07) is 9.37. The first kappa shape index (κ1) is 26.3.